The quantitative estimate of drug-likeness (QED) is 0.348. The van der Waals surface area contributed by atoms with Crippen LogP contribution in [0, 0.1) is 12.7 Å². The minimum atomic E-state index is -0.548. The Bertz CT molecular complexity index is 1060. The Kier molecular flexibility index (Phi) is 10.4. The van der Waals surface area contributed by atoms with E-state index in [0.29, 0.717) is 42.0 Å². The molecular formula is C24H34BrFN6O3. The molecule has 0 fully saturated rings. The number of amidine groups is 1. The van der Waals surface area contributed by atoms with Gasteiger partial charge in [0.05, 0.1) is 29.6 Å². The van der Waals surface area contributed by atoms with Gasteiger partial charge in [0, 0.05) is 17.4 Å². The van der Waals surface area contributed by atoms with E-state index < -0.39 is 11.7 Å². The number of carbonyl (C=O) groups is 1. The van der Waals surface area contributed by atoms with Gasteiger partial charge in [-0.2, -0.15) is 0 Å². The van der Waals surface area contributed by atoms with Crippen LogP contribution in [0.1, 0.15) is 69.6 Å². The van der Waals surface area contributed by atoms with E-state index in [1.807, 2.05) is 20.8 Å². The van der Waals surface area contributed by atoms with E-state index in [1.54, 1.807) is 26.8 Å². The van der Waals surface area contributed by atoms with Crippen molar-refractivity contribution in [2.45, 2.75) is 66.0 Å². The first-order valence-electron chi connectivity index (χ1n) is 11.5. The number of aryl methyl sites for hydroxylation is 1. The molecule has 1 aliphatic heterocycles. The van der Waals surface area contributed by atoms with Crippen LogP contribution in [0.5, 0.6) is 0 Å². The number of rotatable bonds is 6. The van der Waals surface area contributed by atoms with Crippen LogP contribution < -0.4 is 16.5 Å². The third kappa shape index (κ3) is 8.43. The number of ether oxygens (including phenoxy) is 1. The van der Waals surface area contributed by atoms with Crippen LogP contribution in [-0.4, -0.2) is 40.6 Å². The maximum Gasteiger partial charge on any atom is 0.407 e. The average molecular weight is 553 g/mol. The van der Waals surface area contributed by atoms with Crippen LogP contribution in [-0.2, 0) is 16.0 Å². The van der Waals surface area contributed by atoms with Gasteiger partial charge in [-0.05, 0) is 51.8 Å². The van der Waals surface area contributed by atoms with Crippen molar-refractivity contribution in [2.75, 3.05) is 18.9 Å². The third-order valence-electron chi connectivity index (χ3n) is 4.67. The van der Waals surface area contributed by atoms with Gasteiger partial charge in [-0.3, -0.25) is 9.83 Å². The van der Waals surface area contributed by atoms with Gasteiger partial charge in [0.1, 0.15) is 11.4 Å². The molecule has 0 unspecified atom stereocenters. The predicted molar refractivity (Wildman–Crippen MR) is 138 cm³/mol. The second-order valence-electron chi connectivity index (χ2n) is 8.59. The number of nitrogens with one attached hydrogen (secondary N) is 2. The second-order valence-corrected chi connectivity index (χ2v) is 9.44. The topological polar surface area (TPSA) is 124 Å². The number of nitrogens with zero attached hydrogens (tertiary/aromatic N) is 3. The Morgan fingerprint density at radius 1 is 1.29 bits per heavy atom. The maximum atomic E-state index is 13.6. The molecule has 0 saturated heterocycles. The van der Waals surface area contributed by atoms with Crippen molar-refractivity contribution in [3.05, 3.63) is 51.0 Å². The van der Waals surface area contributed by atoms with E-state index in [1.165, 1.54) is 12.1 Å². The molecule has 192 valence electrons. The number of halogens is 2. The lowest BCUT2D eigenvalue weighted by atomic mass is 9.95. The molecule has 9 nitrogen and oxygen atoms in total. The highest BCUT2D eigenvalue weighted by Crippen LogP contribution is 2.34. The normalized spacial score (nSPS) is 14.7. The first-order valence-corrected chi connectivity index (χ1v) is 12.3. The summed E-state index contributed by atoms with van der Waals surface area (Å²) in [6.07, 6.45) is 0.563. The van der Waals surface area contributed by atoms with Crippen LogP contribution in [0.15, 0.2) is 27.7 Å². The van der Waals surface area contributed by atoms with Gasteiger partial charge in [0.2, 0.25) is 5.95 Å². The van der Waals surface area contributed by atoms with Gasteiger partial charge in [0.15, 0.2) is 5.84 Å². The van der Waals surface area contributed by atoms with Crippen LogP contribution in [0.2, 0.25) is 0 Å². The first kappa shape index (κ1) is 28.4. The van der Waals surface area contributed by atoms with Gasteiger partial charge in [-0.15, -0.1) is 0 Å². The molecule has 1 aliphatic rings. The van der Waals surface area contributed by atoms with Crippen molar-refractivity contribution in [1.82, 2.24) is 20.8 Å². The summed E-state index contributed by atoms with van der Waals surface area (Å²) in [6, 6.07) is 4.17. The minimum absolute atomic E-state index is 0.179. The van der Waals surface area contributed by atoms with E-state index in [9.17, 15) is 9.18 Å². The smallest absolute Gasteiger partial charge is 0.407 e. The minimum Gasteiger partial charge on any atom is -0.444 e. The molecule has 0 saturated carbocycles. The number of fused-ring (bicyclic) bond motifs is 1. The highest BCUT2D eigenvalue weighted by atomic mass is 79.9. The average Bonchev–Trinajstić information content (AvgIpc) is 2.75. The molecule has 11 heteroatoms. The maximum absolute atomic E-state index is 13.6. The van der Waals surface area contributed by atoms with Crippen molar-refractivity contribution < 1.29 is 18.8 Å². The van der Waals surface area contributed by atoms with E-state index >= 15 is 0 Å². The molecule has 1 atom stereocenters. The lowest BCUT2D eigenvalue weighted by Crippen LogP contribution is -2.34. The van der Waals surface area contributed by atoms with Crippen molar-refractivity contribution in [2.24, 2.45) is 4.99 Å². The zero-order chi connectivity index (χ0) is 26.2. The fourth-order valence-corrected chi connectivity index (χ4v) is 3.97. The Morgan fingerprint density at radius 3 is 2.66 bits per heavy atom. The highest BCUT2D eigenvalue weighted by molar-refractivity contribution is 9.10. The summed E-state index contributed by atoms with van der Waals surface area (Å²) in [6.45, 7) is 11.9. The lowest BCUT2D eigenvalue weighted by molar-refractivity contribution is 0.0507. The fraction of sp³-hybridized carbons (Fsp3) is 0.500. The van der Waals surface area contributed by atoms with E-state index in [2.05, 4.69) is 36.7 Å². The fourth-order valence-electron chi connectivity index (χ4n) is 3.36. The number of anilines is 1. The van der Waals surface area contributed by atoms with Gasteiger partial charge < -0.3 is 15.8 Å². The number of alkyl carbamates (subject to hydrolysis) is 1. The molecule has 0 bridgehead atoms. The number of nitrogens with two attached hydrogens (primary N) is 1. The van der Waals surface area contributed by atoms with Crippen LogP contribution in [0.25, 0.3) is 0 Å². The van der Waals surface area contributed by atoms with Crippen molar-refractivity contribution in [1.29, 1.82) is 0 Å². The molecule has 2 heterocycles. The molecule has 35 heavy (non-hydrogen) atoms. The standard InChI is InChI=1S/C22H28BrFN6O3.C2H6/c1-12-18-17(29-20(25)27-12)11-16(14-7-6-13(24)10-15(14)23)28-19(18)30-32-9-5-8-26-21(31)33-22(2,3)4;1-2/h6-7,10,16H,5,8-9,11H2,1-4H3,(H,26,31)(H,28,30)(H2,25,27,29);1-2H3/t16-;/m1./s1. The number of hydrogen-bond donors (Lipinski definition) is 3. The molecule has 2 aromatic rings. The number of carbonyl (C=O) groups excluding carboxylic acids is 1. The highest BCUT2D eigenvalue weighted by Gasteiger charge is 2.28. The summed E-state index contributed by atoms with van der Waals surface area (Å²) in [5.41, 5.74) is 11.2. The number of hydroxylamine groups is 1. The Morgan fingerprint density at radius 2 is 2.00 bits per heavy atom. The molecule has 1 aromatic carbocycles. The largest absolute Gasteiger partial charge is 0.444 e. The van der Waals surface area contributed by atoms with E-state index in [0.717, 1.165) is 16.8 Å². The first-order chi connectivity index (χ1) is 16.5. The number of benzene rings is 1. The summed E-state index contributed by atoms with van der Waals surface area (Å²) < 4.78 is 19.4. The summed E-state index contributed by atoms with van der Waals surface area (Å²) in [5.74, 6) is 0.309. The Hall–Kier alpha value is -2.79. The van der Waals surface area contributed by atoms with E-state index in [4.69, 9.17) is 20.3 Å². The summed E-state index contributed by atoms with van der Waals surface area (Å²) in [7, 11) is 0. The van der Waals surface area contributed by atoms with Crippen LogP contribution in [0.3, 0.4) is 0 Å². The zero-order valence-electron chi connectivity index (χ0n) is 21.0. The monoisotopic (exact) mass is 552 g/mol. The summed E-state index contributed by atoms with van der Waals surface area (Å²) in [5, 5.41) is 2.68. The second kappa shape index (κ2) is 12.8. The molecule has 1 aromatic heterocycles. The Labute approximate surface area is 214 Å². The van der Waals surface area contributed by atoms with Crippen molar-refractivity contribution in [3.8, 4) is 0 Å². The molecule has 1 amide bonds. The van der Waals surface area contributed by atoms with Crippen LogP contribution >= 0.6 is 15.9 Å². The molecule has 0 aliphatic carbocycles. The SMILES string of the molecule is CC.Cc1nc(N)nc2c1C(NOCCCNC(=O)OC(C)(C)C)=N[C@@H](c1ccc(F)cc1Br)C2. The number of amides is 1. The third-order valence-corrected chi connectivity index (χ3v) is 5.36. The number of aliphatic imine (C=N–C) groups is 1. The van der Waals surface area contributed by atoms with Gasteiger partial charge in [-0.1, -0.05) is 35.8 Å². The Balaban J connectivity index is 0.00000210. The van der Waals surface area contributed by atoms with Crippen molar-refractivity contribution in [3.63, 3.8) is 0 Å². The van der Waals surface area contributed by atoms with Gasteiger partial charge in [-0.25, -0.2) is 24.6 Å². The predicted octanol–water partition coefficient (Wildman–Crippen LogP) is 4.78. The lowest BCUT2D eigenvalue weighted by Gasteiger charge is -2.25. The number of aromatic nitrogens is 2. The molecule has 3 rings (SSSR count). The summed E-state index contributed by atoms with van der Waals surface area (Å²) >= 11 is 3.42. The molecular weight excluding hydrogens is 519 g/mol. The number of hydrogen-bond acceptors (Lipinski definition) is 8. The van der Waals surface area contributed by atoms with Crippen LogP contribution in [0.4, 0.5) is 15.1 Å². The zero-order valence-corrected chi connectivity index (χ0v) is 22.6. The van der Waals surface area contributed by atoms with Crippen molar-refractivity contribution >= 4 is 33.8 Å². The van der Waals surface area contributed by atoms with E-state index in [-0.39, 0.29) is 17.8 Å². The summed E-state index contributed by atoms with van der Waals surface area (Å²) in [4.78, 5) is 30.7. The van der Waals surface area contributed by atoms with Gasteiger partial charge in [0.25, 0.3) is 0 Å². The molecule has 4 N–H and O–H groups in total. The molecule has 0 radical (unpaired) electrons. The van der Waals surface area contributed by atoms with Gasteiger partial charge >= 0.3 is 6.09 Å². The number of nitrogen functional groups attached to an aromatic ring is 1. The molecule has 0 spiro atoms.